The van der Waals surface area contributed by atoms with Crippen LogP contribution < -0.4 is 20.3 Å². The first-order valence-electron chi connectivity index (χ1n) is 10.1. The number of fused-ring (bicyclic) bond motifs is 3. The molecule has 1 atom stereocenters. The van der Waals surface area contributed by atoms with E-state index in [0.717, 1.165) is 16.8 Å². The van der Waals surface area contributed by atoms with Gasteiger partial charge in [-0.25, -0.2) is 9.78 Å². The maximum atomic E-state index is 13.1. The second kappa shape index (κ2) is 9.30. The van der Waals surface area contributed by atoms with Crippen LogP contribution >= 0.6 is 11.8 Å². The van der Waals surface area contributed by atoms with Crippen molar-refractivity contribution in [2.45, 2.75) is 19.0 Å². The van der Waals surface area contributed by atoms with Gasteiger partial charge in [0.2, 0.25) is 11.9 Å². The average Bonchev–Trinajstić information content (AvgIpc) is 3.36. The van der Waals surface area contributed by atoms with Crippen LogP contribution in [0.4, 0.5) is 16.4 Å². The lowest BCUT2D eigenvalue weighted by Gasteiger charge is -2.22. The molecule has 3 aromatic rings. The van der Waals surface area contributed by atoms with Crippen molar-refractivity contribution in [3.05, 3.63) is 48.5 Å². The lowest BCUT2D eigenvalue weighted by molar-refractivity contribution is -0.117. The maximum absolute atomic E-state index is 13.1. The molecule has 31 heavy (non-hydrogen) atoms. The third-order valence-electron chi connectivity index (χ3n) is 5.23. The first kappa shape index (κ1) is 21.0. The largest absolute Gasteiger partial charge is 0.497 e. The fraction of sp³-hybridized carbons (Fsp3) is 0.318. The van der Waals surface area contributed by atoms with Crippen LogP contribution in [0.25, 0.3) is 11.0 Å². The molecule has 9 heteroatoms. The number of hydrogen-bond acceptors (Lipinski definition) is 5. The molecule has 2 N–H and O–H groups in total. The number of hydrogen-bond donors (Lipinski definition) is 2. The minimum atomic E-state index is -0.662. The number of nitrogens with one attached hydrogen (secondary N) is 2. The molecule has 0 fully saturated rings. The van der Waals surface area contributed by atoms with E-state index in [1.165, 1.54) is 0 Å². The molecule has 0 aliphatic carbocycles. The molecule has 1 aliphatic heterocycles. The molecule has 0 bridgehead atoms. The first-order chi connectivity index (χ1) is 15.1. The predicted molar refractivity (Wildman–Crippen MR) is 124 cm³/mol. The molecule has 2 heterocycles. The molecule has 0 saturated heterocycles. The Hall–Kier alpha value is -3.20. The van der Waals surface area contributed by atoms with Crippen LogP contribution in [0, 0.1) is 0 Å². The lowest BCUT2D eigenvalue weighted by Crippen LogP contribution is -2.49. The molecular weight excluding hydrogens is 414 g/mol. The summed E-state index contributed by atoms with van der Waals surface area (Å²) in [4.78, 5) is 32.2. The van der Waals surface area contributed by atoms with Crippen molar-refractivity contribution < 1.29 is 14.3 Å². The molecule has 0 saturated carbocycles. The normalized spacial score (nSPS) is 13.7. The van der Waals surface area contributed by atoms with Crippen molar-refractivity contribution in [3.8, 4) is 5.75 Å². The second-order valence-electron chi connectivity index (χ2n) is 7.21. The summed E-state index contributed by atoms with van der Waals surface area (Å²) in [6.45, 7) is 1.19. The summed E-state index contributed by atoms with van der Waals surface area (Å²) in [7, 11) is 1.58. The fourth-order valence-electron chi connectivity index (χ4n) is 3.64. The van der Waals surface area contributed by atoms with E-state index in [9.17, 15) is 9.59 Å². The third kappa shape index (κ3) is 4.46. The van der Waals surface area contributed by atoms with E-state index in [1.807, 2.05) is 41.2 Å². The molecule has 0 radical (unpaired) electrons. The Morgan fingerprint density at radius 2 is 2.03 bits per heavy atom. The molecule has 4 rings (SSSR count). The van der Waals surface area contributed by atoms with E-state index >= 15 is 0 Å². The van der Waals surface area contributed by atoms with E-state index in [-0.39, 0.29) is 11.9 Å². The second-order valence-corrected chi connectivity index (χ2v) is 8.19. The summed E-state index contributed by atoms with van der Waals surface area (Å²) in [5, 5.41) is 5.78. The van der Waals surface area contributed by atoms with Crippen LogP contribution in [-0.2, 0) is 11.3 Å². The Bertz CT molecular complexity index is 1100. The Kier molecular flexibility index (Phi) is 6.31. The van der Waals surface area contributed by atoms with Crippen LogP contribution in [-0.4, -0.2) is 53.2 Å². The van der Waals surface area contributed by atoms with Crippen LogP contribution in [0.15, 0.2) is 48.5 Å². The zero-order valence-corrected chi connectivity index (χ0v) is 18.3. The summed E-state index contributed by atoms with van der Waals surface area (Å²) >= 11 is 1.63. The van der Waals surface area contributed by atoms with Gasteiger partial charge in [0, 0.05) is 24.8 Å². The monoisotopic (exact) mass is 439 g/mol. The molecule has 1 unspecified atom stereocenters. The quantitative estimate of drug-likeness (QED) is 0.590. The zero-order chi connectivity index (χ0) is 21.8. The molecule has 3 amide bonds. The summed E-state index contributed by atoms with van der Waals surface area (Å²) in [6, 6.07) is 14.0. The van der Waals surface area contributed by atoms with Crippen LogP contribution in [0.5, 0.6) is 5.75 Å². The van der Waals surface area contributed by atoms with E-state index in [2.05, 4.69) is 15.6 Å². The summed E-state index contributed by atoms with van der Waals surface area (Å²) < 4.78 is 7.24. The number of urea groups is 1. The standard InChI is InChI=1S/C22H25N5O3S/c1-30-16-7-5-6-15(14-16)23-20(28)18(10-13-31-2)25-22(29)27-12-11-26-19-9-4-3-8-17(19)24-21(26)27/h3-9,14,18H,10-13H2,1-2H3,(H,23,28)(H,25,29). The van der Waals surface area contributed by atoms with E-state index in [0.29, 0.717) is 36.9 Å². The minimum Gasteiger partial charge on any atom is -0.497 e. The highest BCUT2D eigenvalue weighted by atomic mass is 32.2. The van der Waals surface area contributed by atoms with Crippen molar-refractivity contribution in [1.82, 2.24) is 14.9 Å². The Morgan fingerprint density at radius 1 is 1.19 bits per heavy atom. The number of carbonyl (C=O) groups excluding carboxylic acids is 2. The van der Waals surface area contributed by atoms with Gasteiger partial charge in [-0.2, -0.15) is 11.8 Å². The number of imidazole rings is 1. The number of methoxy groups -OCH3 is 1. The number of rotatable bonds is 7. The lowest BCUT2D eigenvalue weighted by atomic mass is 10.2. The number of amides is 3. The van der Waals surface area contributed by atoms with Gasteiger partial charge in [0.1, 0.15) is 11.8 Å². The average molecular weight is 440 g/mol. The number of para-hydroxylation sites is 2. The predicted octanol–water partition coefficient (Wildman–Crippen LogP) is 3.33. The van der Waals surface area contributed by atoms with E-state index < -0.39 is 6.04 Å². The number of benzene rings is 2. The Morgan fingerprint density at radius 3 is 2.84 bits per heavy atom. The highest BCUT2D eigenvalue weighted by Gasteiger charge is 2.31. The summed E-state index contributed by atoms with van der Waals surface area (Å²) in [5.74, 6) is 1.74. The Balaban J connectivity index is 1.49. The van der Waals surface area contributed by atoms with Crippen molar-refractivity contribution in [2.24, 2.45) is 0 Å². The van der Waals surface area contributed by atoms with Gasteiger partial charge in [0.25, 0.3) is 0 Å². The van der Waals surface area contributed by atoms with Crippen molar-refractivity contribution in [1.29, 1.82) is 0 Å². The molecule has 2 aromatic carbocycles. The first-order valence-corrected chi connectivity index (χ1v) is 11.5. The van der Waals surface area contributed by atoms with Crippen molar-refractivity contribution >= 4 is 46.4 Å². The van der Waals surface area contributed by atoms with Crippen molar-refractivity contribution in [2.75, 3.05) is 35.9 Å². The fourth-order valence-corrected chi connectivity index (χ4v) is 4.11. The van der Waals surface area contributed by atoms with E-state index in [4.69, 9.17) is 4.74 Å². The third-order valence-corrected chi connectivity index (χ3v) is 5.87. The van der Waals surface area contributed by atoms with Gasteiger partial charge in [-0.15, -0.1) is 0 Å². The number of thioether (sulfide) groups is 1. The SMILES string of the molecule is COc1cccc(NC(=O)C(CCSC)NC(=O)N2CCn3c2nc2ccccc23)c1. The Labute approximate surface area is 185 Å². The highest BCUT2D eigenvalue weighted by Crippen LogP contribution is 2.27. The van der Waals surface area contributed by atoms with Crippen LogP contribution in [0.1, 0.15) is 6.42 Å². The molecule has 1 aromatic heterocycles. The molecule has 162 valence electrons. The van der Waals surface area contributed by atoms with Gasteiger partial charge < -0.3 is 19.9 Å². The number of anilines is 2. The number of ether oxygens (including phenoxy) is 1. The van der Waals surface area contributed by atoms with Crippen LogP contribution in [0.2, 0.25) is 0 Å². The molecule has 0 spiro atoms. The van der Waals surface area contributed by atoms with Gasteiger partial charge >= 0.3 is 6.03 Å². The molecule has 8 nitrogen and oxygen atoms in total. The topological polar surface area (TPSA) is 88.5 Å². The van der Waals surface area contributed by atoms with Crippen LogP contribution in [0.3, 0.4) is 0 Å². The van der Waals surface area contributed by atoms with Crippen molar-refractivity contribution in [3.63, 3.8) is 0 Å². The van der Waals surface area contributed by atoms with Gasteiger partial charge in [0.15, 0.2) is 0 Å². The number of carbonyl (C=O) groups is 2. The minimum absolute atomic E-state index is 0.261. The van der Waals surface area contributed by atoms with Gasteiger partial charge in [-0.3, -0.25) is 9.69 Å². The van der Waals surface area contributed by atoms with Gasteiger partial charge in [-0.1, -0.05) is 18.2 Å². The molecule has 1 aliphatic rings. The number of nitrogens with zero attached hydrogens (tertiary/aromatic N) is 3. The maximum Gasteiger partial charge on any atom is 0.324 e. The molecular formula is C22H25N5O3S. The van der Waals surface area contributed by atoms with Gasteiger partial charge in [0.05, 0.1) is 18.1 Å². The highest BCUT2D eigenvalue weighted by molar-refractivity contribution is 7.98. The zero-order valence-electron chi connectivity index (χ0n) is 17.5. The van der Waals surface area contributed by atoms with Gasteiger partial charge in [-0.05, 0) is 42.7 Å². The summed E-state index contributed by atoms with van der Waals surface area (Å²) in [5.41, 5.74) is 2.47. The number of aromatic nitrogens is 2. The summed E-state index contributed by atoms with van der Waals surface area (Å²) in [6.07, 6.45) is 2.49. The smallest absolute Gasteiger partial charge is 0.324 e. The van der Waals surface area contributed by atoms with E-state index in [1.54, 1.807) is 42.0 Å².